The first-order valence-electron chi connectivity index (χ1n) is 5.63. The molecule has 1 unspecified atom stereocenters. The summed E-state index contributed by atoms with van der Waals surface area (Å²) >= 11 is 0. The van der Waals surface area contributed by atoms with Crippen molar-refractivity contribution in [2.75, 3.05) is 18.5 Å². The fourth-order valence-electron chi connectivity index (χ4n) is 2.02. The van der Waals surface area contributed by atoms with E-state index in [9.17, 15) is 4.79 Å². The van der Waals surface area contributed by atoms with Gasteiger partial charge in [0.15, 0.2) is 0 Å². The minimum absolute atomic E-state index is 0.0462. The SMILES string of the molecule is CNC1CCCN(c2ccc(C)nc2)C1=O. The number of hydrogen-bond donors (Lipinski definition) is 1. The highest BCUT2D eigenvalue weighted by atomic mass is 16.2. The Morgan fingerprint density at radius 1 is 1.50 bits per heavy atom. The van der Waals surface area contributed by atoms with E-state index in [1.165, 1.54) is 0 Å². The molecule has 0 radical (unpaired) electrons. The number of aromatic nitrogens is 1. The molecule has 1 saturated heterocycles. The van der Waals surface area contributed by atoms with Gasteiger partial charge in [0.2, 0.25) is 5.91 Å². The van der Waals surface area contributed by atoms with Gasteiger partial charge in [-0.2, -0.15) is 0 Å². The molecule has 0 bridgehead atoms. The molecule has 1 aromatic rings. The molecule has 16 heavy (non-hydrogen) atoms. The van der Waals surface area contributed by atoms with Crippen molar-refractivity contribution < 1.29 is 4.79 Å². The number of nitrogens with zero attached hydrogens (tertiary/aromatic N) is 2. The highest BCUT2D eigenvalue weighted by molar-refractivity contribution is 5.97. The second kappa shape index (κ2) is 4.61. The van der Waals surface area contributed by atoms with Crippen LogP contribution in [0.25, 0.3) is 0 Å². The zero-order chi connectivity index (χ0) is 11.5. The molecule has 1 aliphatic heterocycles. The summed E-state index contributed by atoms with van der Waals surface area (Å²) in [5.74, 6) is 0.152. The van der Waals surface area contributed by atoms with E-state index in [0.717, 1.165) is 30.8 Å². The van der Waals surface area contributed by atoms with Crippen LogP contribution in [0.5, 0.6) is 0 Å². The molecule has 1 aromatic heterocycles. The minimum atomic E-state index is -0.0462. The van der Waals surface area contributed by atoms with Gasteiger partial charge in [-0.3, -0.25) is 9.78 Å². The zero-order valence-corrected chi connectivity index (χ0v) is 9.73. The Morgan fingerprint density at radius 2 is 2.31 bits per heavy atom. The third-order valence-electron chi connectivity index (χ3n) is 2.99. The number of rotatable bonds is 2. The Hall–Kier alpha value is -1.42. The molecule has 2 heterocycles. The maximum absolute atomic E-state index is 12.1. The molecule has 0 aromatic carbocycles. The molecular weight excluding hydrogens is 202 g/mol. The summed E-state index contributed by atoms with van der Waals surface area (Å²) in [7, 11) is 1.83. The van der Waals surface area contributed by atoms with Crippen LogP contribution in [-0.4, -0.2) is 30.5 Å². The summed E-state index contributed by atoms with van der Waals surface area (Å²) in [6.45, 7) is 2.74. The lowest BCUT2D eigenvalue weighted by Gasteiger charge is -2.31. The predicted molar refractivity (Wildman–Crippen MR) is 63.4 cm³/mol. The predicted octanol–water partition coefficient (Wildman–Crippen LogP) is 1.10. The Balaban J connectivity index is 2.20. The first-order chi connectivity index (χ1) is 7.72. The van der Waals surface area contributed by atoms with E-state index < -0.39 is 0 Å². The van der Waals surface area contributed by atoms with E-state index >= 15 is 0 Å². The fourth-order valence-corrected chi connectivity index (χ4v) is 2.02. The van der Waals surface area contributed by atoms with Gasteiger partial charge in [-0.1, -0.05) is 0 Å². The lowest BCUT2D eigenvalue weighted by molar-refractivity contribution is -0.121. The van der Waals surface area contributed by atoms with Crippen molar-refractivity contribution in [3.63, 3.8) is 0 Å². The van der Waals surface area contributed by atoms with Gasteiger partial charge >= 0.3 is 0 Å². The van der Waals surface area contributed by atoms with E-state index in [4.69, 9.17) is 0 Å². The molecule has 0 spiro atoms. The van der Waals surface area contributed by atoms with Crippen molar-refractivity contribution in [3.05, 3.63) is 24.0 Å². The number of piperidine rings is 1. The Bertz CT molecular complexity index is 374. The molecule has 1 amide bonds. The molecule has 4 heteroatoms. The number of aryl methyl sites for hydroxylation is 1. The van der Waals surface area contributed by atoms with Gasteiger partial charge in [0.1, 0.15) is 0 Å². The topological polar surface area (TPSA) is 45.2 Å². The summed E-state index contributed by atoms with van der Waals surface area (Å²) in [4.78, 5) is 18.1. The maximum Gasteiger partial charge on any atom is 0.244 e. The molecular formula is C12H17N3O. The van der Waals surface area contributed by atoms with Gasteiger partial charge in [0.05, 0.1) is 17.9 Å². The van der Waals surface area contributed by atoms with Crippen molar-refractivity contribution in [1.82, 2.24) is 10.3 Å². The quantitative estimate of drug-likeness (QED) is 0.810. The largest absolute Gasteiger partial charge is 0.310 e. The van der Waals surface area contributed by atoms with Crippen molar-refractivity contribution in [1.29, 1.82) is 0 Å². The average Bonchev–Trinajstić information content (AvgIpc) is 2.31. The van der Waals surface area contributed by atoms with Crippen LogP contribution in [0.3, 0.4) is 0 Å². The second-order valence-electron chi connectivity index (χ2n) is 4.13. The second-order valence-corrected chi connectivity index (χ2v) is 4.13. The van der Waals surface area contributed by atoms with Crippen LogP contribution in [0.15, 0.2) is 18.3 Å². The van der Waals surface area contributed by atoms with Gasteiger partial charge < -0.3 is 10.2 Å². The third-order valence-corrected chi connectivity index (χ3v) is 2.99. The normalized spacial score (nSPS) is 21.2. The first-order valence-corrected chi connectivity index (χ1v) is 5.63. The van der Waals surface area contributed by atoms with Crippen molar-refractivity contribution >= 4 is 11.6 Å². The molecule has 0 saturated carbocycles. The molecule has 0 aliphatic carbocycles. The summed E-state index contributed by atoms with van der Waals surface area (Å²) in [5, 5.41) is 3.05. The number of likely N-dealkylation sites (N-methyl/N-ethyl adjacent to an activating group) is 1. The molecule has 86 valence electrons. The van der Waals surface area contributed by atoms with E-state index in [1.54, 1.807) is 6.20 Å². The van der Waals surface area contributed by atoms with Gasteiger partial charge in [0.25, 0.3) is 0 Å². The summed E-state index contributed by atoms with van der Waals surface area (Å²) in [6.07, 6.45) is 3.72. The van der Waals surface area contributed by atoms with Crippen LogP contribution in [0.1, 0.15) is 18.5 Å². The number of anilines is 1. The van der Waals surface area contributed by atoms with Crippen LogP contribution < -0.4 is 10.2 Å². The summed E-state index contributed by atoms with van der Waals surface area (Å²) in [6, 6.07) is 3.85. The van der Waals surface area contributed by atoms with Crippen molar-refractivity contribution in [3.8, 4) is 0 Å². The maximum atomic E-state index is 12.1. The van der Waals surface area contributed by atoms with Gasteiger partial charge in [-0.25, -0.2) is 0 Å². The van der Waals surface area contributed by atoms with Gasteiger partial charge in [-0.15, -0.1) is 0 Å². The van der Waals surface area contributed by atoms with Crippen LogP contribution in [0, 0.1) is 6.92 Å². The van der Waals surface area contributed by atoms with E-state index in [1.807, 2.05) is 31.0 Å². The lowest BCUT2D eigenvalue weighted by Crippen LogP contribution is -2.49. The van der Waals surface area contributed by atoms with E-state index in [0.29, 0.717) is 0 Å². The monoisotopic (exact) mass is 219 g/mol. The van der Waals surface area contributed by atoms with E-state index in [-0.39, 0.29) is 11.9 Å². The van der Waals surface area contributed by atoms with E-state index in [2.05, 4.69) is 10.3 Å². The molecule has 1 atom stereocenters. The molecule has 2 rings (SSSR count). The number of amides is 1. The third kappa shape index (κ3) is 2.07. The van der Waals surface area contributed by atoms with Crippen LogP contribution in [-0.2, 0) is 4.79 Å². The van der Waals surface area contributed by atoms with Crippen LogP contribution >= 0.6 is 0 Å². The Labute approximate surface area is 95.7 Å². The fraction of sp³-hybridized carbons (Fsp3) is 0.500. The minimum Gasteiger partial charge on any atom is -0.310 e. The van der Waals surface area contributed by atoms with Crippen LogP contribution in [0.2, 0.25) is 0 Å². The highest BCUT2D eigenvalue weighted by Crippen LogP contribution is 2.20. The van der Waals surface area contributed by atoms with Crippen molar-refractivity contribution in [2.45, 2.75) is 25.8 Å². The highest BCUT2D eigenvalue weighted by Gasteiger charge is 2.28. The molecule has 4 nitrogen and oxygen atoms in total. The van der Waals surface area contributed by atoms with Crippen molar-refractivity contribution in [2.24, 2.45) is 0 Å². The van der Waals surface area contributed by atoms with Gasteiger partial charge in [-0.05, 0) is 38.9 Å². The number of carbonyl (C=O) groups excluding carboxylic acids is 1. The molecule has 1 N–H and O–H groups in total. The smallest absolute Gasteiger partial charge is 0.244 e. The van der Waals surface area contributed by atoms with Gasteiger partial charge in [0, 0.05) is 12.2 Å². The number of pyridine rings is 1. The summed E-state index contributed by atoms with van der Waals surface area (Å²) in [5.41, 5.74) is 1.87. The number of hydrogen-bond acceptors (Lipinski definition) is 3. The average molecular weight is 219 g/mol. The zero-order valence-electron chi connectivity index (χ0n) is 9.73. The molecule has 1 fully saturated rings. The number of carbonyl (C=O) groups is 1. The lowest BCUT2D eigenvalue weighted by atomic mass is 10.0. The Morgan fingerprint density at radius 3 is 2.94 bits per heavy atom. The number of nitrogens with one attached hydrogen (secondary N) is 1. The molecule has 1 aliphatic rings. The van der Waals surface area contributed by atoms with Crippen LogP contribution in [0.4, 0.5) is 5.69 Å². The first kappa shape index (κ1) is 11.1. The Kier molecular flexibility index (Phi) is 3.19. The standard InChI is InChI=1S/C12H17N3O/c1-9-5-6-10(8-14-9)15-7-3-4-11(13-2)12(15)16/h5-6,8,11,13H,3-4,7H2,1-2H3. The summed E-state index contributed by atoms with van der Waals surface area (Å²) < 4.78 is 0.